The number of ketones is 1. The smallest absolute Gasteiger partial charge is 0.168 e. The van der Waals surface area contributed by atoms with E-state index in [0.29, 0.717) is 23.8 Å². The van der Waals surface area contributed by atoms with Crippen LogP contribution >= 0.6 is 0 Å². The van der Waals surface area contributed by atoms with E-state index in [-0.39, 0.29) is 5.78 Å². The topological polar surface area (TPSA) is 73.1 Å². The van der Waals surface area contributed by atoms with Crippen molar-refractivity contribution in [2.75, 3.05) is 26.3 Å². The standard InChI is InChI=1S/C27H31N5O2/c1-19-15-21(16-25(33)23-9-10-32(18-23)26-8-3-20(2)29-30-26)17-28-27(19)22-4-6-24(7-5-22)31-11-13-34-14-12-31/h3-4,8-10,15,17-18,24H,5-7,11-14,16H2,1-2H3. The summed E-state index contributed by atoms with van der Waals surface area (Å²) in [4.78, 5) is 20.2. The van der Waals surface area contributed by atoms with Gasteiger partial charge < -0.3 is 9.30 Å². The molecule has 2 aliphatic rings. The summed E-state index contributed by atoms with van der Waals surface area (Å²) in [6.07, 6.45) is 11.5. The first kappa shape index (κ1) is 22.6. The van der Waals surface area contributed by atoms with Crippen molar-refractivity contribution in [1.29, 1.82) is 0 Å². The number of hydrogen-bond acceptors (Lipinski definition) is 6. The molecule has 1 aliphatic heterocycles. The minimum Gasteiger partial charge on any atom is -0.379 e. The zero-order chi connectivity index (χ0) is 23.5. The van der Waals surface area contributed by atoms with Crippen LogP contribution in [0.4, 0.5) is 0 Å². The summed E-state index contributed by atoms with van der Waals surface area (Å²) >= 11 is 0. The molecule has 0 bridgehead atoms. The number of rotatable bonds is 6. The average Bonchev–Trinajstić information content (AvgIpc) is 3.36. The Kier molecular flexibility index (Phi) is 6.65. The van der Waals surface area contributed by atoms with Gasteiger partial charge in [-0.15, -0.1) is 5.10 Å². The second kappa shape index (κ2) is 9.99. The number of carbonyl (C=O) groups excluding carboxylic acids is 1. The molecule has 3 aromatic rings. The van der Waals surface area contributed by atoms with E-state index in [1.54, 1.807) is 0 Å². The second-order valence-electron chi connectivity index (χ2n) is 9.26. The van der Waals surface area contributed by atoms with Gasteiger partial charge in [-0.2, -0.15) is 5.10 Å². The third-order valence-corrected chi connectivity index (χ3v) is 6.81. The molecule has 0 saturated carbocycles. The van der Waals surface area contributed by atoms with Crippen LogP contribution in [0.2, 0.25) is 0 Å². The molecule has 0 spiro atoms. The highest BCUT2D eigenvalue weighted by Crippen LogP contribution is 2.30. The maximum Gasteiger partial charge on any atom is 0.168 e. The number of carbonyl (C=O) groups is 1. The lowest BCUT2D eigenvalue weighted by atomic mass is 9.90. The van der Waals surface area contributed by atoms with E-state index in [1.807, 2.05) is 48.3 Å². The number of allylic oxidation sites excluding steroid dienone is 1. The number of aryl methyl sites for hydroxylation is 2. The Bertz CT molecular complexity index is 1190. The van der Waals surface area contributed by atoms with E-state index in [0.717, 1.165) is 68.1 Å². The van der Waals surface area contributed by atoms with Crippen LogP contribution in [-0.2, 0) is 11.2 Å². The van der Waals surface area contributed by atoms with Crippen LogP contribution < -0.4 is 0 Å². The summed E-state index contributed by atoms with van der Waals surface area (Å²) < 4.78 is 7.32. The molecule has 3 aromatic heterocycles. The zero-order valence-corrected chi connectivity index (χ0v) is 19.9. The van der Waals surface area contributed by atoms with Crippen LogP contribution in [0, 0.1) is 13.8 Å². The Morgan fingerprint density at radius 1 is 1.15 bits per heavy atom. The van der Waals surface area contributed by atoms with Gasteiger partial charge in [0.05, 0.1) is 24.6 Å². The largest absolute Gasteiger partial charge is 0.379 e. The molecule has 0 amide bonds. The molecule has 1 saturated heterocycles. The molecule has 7 nitrogen and oxygen atoms in total. The number of Topliss-reactive ketones (excluding diaryl/α,β-unsaturated/α-hetero) is 1. The number of morpholine rings is 1. The van der Waals surface area contributed by atoms with E-state index < -0.39 is 0 Å². The summed E-state index contributed by atoms with van der Waals surface area (Å²) in [5, 5.41) is 8.27. The first-order chi connectivity index (χ1) is 16.6. The molecule has 4 heterocycles. The Morgan fingerprint density at radius 2 is 2.00 bits per heavy atom. The quantitative estimate of drug-likeness (QED) is 0.522. The monoisotopic (exact) mass is 457 g/mol. The molecule has 1 aliphatic carbocycles. The van der Waals surface area contributed by atoms with Crippen LogP contribution in [0.1, 0.15) is 52.1 Å². The van der Waals surface area contributed by atoms with Crippen molar-refractivity contribution in [1.82, 2.24) is 24.6 Å². The van der Waals surface area contributed by atoms with Gasteiger partial charge >= 0.3 is 0 Å². The summed E-state index contributed by atoms with van der Waals surface area (Å²) in [6.45, 7) is 7.76. The van der Waals surface area contributed by atoms with Crippen molar-refractivity contribution >= 4 is 11.4 Å². The zero-order valence-electron chi connectivity index (χ0n) is 19.9. The van der Waals surface area contributed by atoms with Gasteiger partial charge in [-0.25, -0.2) is 0 Å². The minimum absolute atomic E-state index is 0.0676. The molecular weight excluding hydrogens is 426 g/mol. The predicted molar refractivity (Wildman–Crippen MR) is 131 cm³/mol. The van der Waals surface area contributed by atoms with Gasteiger partial charge in [-0.1, -0.05) is 12.1 Å². The lowest BCUT2D eigenvalue weighted by Gasteiger charge is -2.36. The molecule has 5 rings (SSSR count). The van der Waals surface area contributed by atoms with Crippen molar-refractivity contribution in [2.24, 2.45) is 0 Å². The SMILES string of the molecule is Cc1ccc(-n2ccc(C(=O)Cc3cnc(C4=CCC(N5CCOCC5)CC4)c(C)c3)c2)nn1. The maximum atomic E-state index is 12.9. The van der Waals surface area contributed by atoms with Crippen LogP contribution in [0.3, 0.4) is 0 Å². The molecular formula is C27H31N5O2. The molecule has 176 valence electrons. The number of hydrogen-bond donors (Lipinski definition) is 0. The lowest BCUT2D eigenvalue weighted by Crippen LogP contribution is -2.43. The van der Waals surface area contributed by atoms with Crippen molar-refractivity contribution in [3.8, 4) is 5.82 Å². The van der Waals surface area contributed by atoms with E-state index in [1.165, 1.54) is 5.57 Å². The average molecular weight is 458 g/mol. The highest BCUT2D eigenvalue weighted by Gasteiger charge is 2.24. The summed E-state index contributed by atoms with van der Waals surface area (Å²) in [6, 6.07) is 8.35. The fourth-order valence-corrected chi connectivity index (χ4v) is 4.90. The highest BCUT2D eigenvalue weighted by molar-refractivity contribution is 5.97. The molecule has 34 heavy (non-hydrogen) atoms. The van der Waals surface area contributed by atoms with Gasteiger partial charge in [0.1, 0.15) is 0 Å². The first-order valence-corrected chi connectivity index (χ1v) is 12.1. The van der Waals surface area contributed by atoms with Crippen molar-refractivity contribution in [3.05, 3.63) is 77.0 Å². The normalized spacial score (nSPS) is 19.1. The van der Waals surface area contributed by atoms with Gasteiger partial charge in [-0.3, -0.25) is 14.7 Å². The van der Waals surface area contributed by atoms with Crippen LogP contribution in [0.5, 0.6) is 0 Å². The Balaban J connectivity index is 1.23. The van der Waals surface area contributed by atoms with Gasteiger partial charge in [-0.05, 0) is 68.0 Å². The van der Waals surface area contributed by atoms with E-state index in [2.05, 4.69) is 34.2 Å². The first-order valence-electron chi connectivity index (χ1n) is 12.1. The Labute approximate surface area is 200 Å². The maximum absolute atomic E-state index is 12.9. The summed E-state index contributed by atoms with van der Waals surface area (Å²) in [5.74, 6) is 0.765. The van der Waals surface area contributed by atoms with Crippen LogP contribution in [0.25, 0.3) is 11.4 Å². The third-order valence-electron chi connectivity index (χ3n) is 6.81. The van der Waals surface area contributed by atoms with Crippen LogP contribution in [-0.4, -0.2) is 62.8 Å². The molecule has 1 unspecified atom stereocenters. The van der Waals surface area contributed by atoms with E-state index >= 15 is 0 Å². The van der Waals surface area contributed by atoms with Gasteiger partial charge in [0.15, 0.2) is 11.6 Å². The molecule has 7 heteroatoms. The second-order valence-corrected chi connectivity index (χ2v) is 9.26. The number of pyridine rings is 1. The molecule has 0 N–H and O–H groups in total. The minimum atomic E-state index is 0.0676. The van der Waals surface area contributed by atoms with Crippen molar-refractivity contribution in [3.63, 3.8) is 0 Å². The Hall–Kier alpha value is -3.16. The Morgan fingerprint density at radius 3 is 2.71 bits per heavy atom. The van der Waals surface area contributed by atoms with Crippen molar-refractivity contribution in [2.45, 2.75) is 45.6 Å². The van der Waals surface area contributed by atoms with Crippen molar-refractivity contribution < 1.29 is 9.53 Å². The molecule has 0 radical (unpaired) electrons. The number of ether oxygens (including phenoxy) is 1. The summed E-state index contributed by atoms with van der Waals surface area (Å²) in [5.41, 5.74) is 6.00. The molecule has 1 atom stereocenters. The van der Waals surface area contributed by atoms with E-state index in [9.17, 15) is 4.79 Å². The lowest BCUT2D eigenvalue weighted by molar-refractivity contribution is 0.0150. The van der Waals surface area contributed by atoms with Crippen LogP contribution in [0.15, 0.2) is 48.9 Å². The fraction of sp³-hybridized carbons (Fsp3) is 0.407. The van der Waals surface area contributed by atoms with Gasteiger partial charge in [0, 0.05) is 49.7 Å². The third kappa shape index (κ3) is 5.00. The van der Waals surface area contributed by atoms with Gasteiger partial charge in [0.25, 0.3) is 0 Å². The fourth-order valence-electron chi connectivity index (χ4n) is 4.90. The number of nitrogens with zero attached hydrogens (tertiary/aromatic N) is 5. The summed E-state index contributed by atoms with van der Waals surface area (Å²) in [7, 11) is 0. The van der Waals surface area contributed by atoms with E-state index in [4.69, 9.17) is 9.72 Å². The molecule has 0 aromatic carbocycles. The number of aromatic nitrogens is 4. The predicted octanol–water partition coefficient (Wildman–Crippen LogP) is 3.97. The van der Waals surface area contributed by atoms with Gasteiger partial charge in [0.2, 0.25) is 0 Å². The molecule has 1 fully saturated rings. The highest BCUT2D eigenvalue weighted by atomic mass is 16.5.